The van der Waals surface area contributed by atoms with Crippen LogP contribution in [0.15, 0.2) is 23.2 Å². The number of hydrogen-bond donors (Lipinski definition) is 1. The van der Waals surface area contributed by atoms with Crippen LogP contribution in [0.25, 0.3) is 0 Å². The highest BCUT2D eigenvalue weighted by Crippen LogP contribution is 2.44. The summed E-state index contributed by atoms with van der Waals surface area (Å²) >= 11 is 5.87. The summed E-state index contributed by atoms with van der Waals surface area (Å²) in [6.45, 7) is 0.245. The minimum Gasteiger partial charge on any atom is -0.480 e. The van der Waals surface area contributed by atoms with Crippen molar-refractivity contribution in [1.29, 1.82) is 0 Å². The third-order valence-corrected chi connectivity index (χ3v) is 6.70. The molecule has 0 spiro atoms. The Labute approximate surface area is 127 Å². The Morgan fingerprint density at radius 1 is 1.43 bits per heavy atom. The lowest BCUT2D eigenvalue weighted by Crippen LogP contribution is -2.43. The van der Waals surface area contributed by atoms with Gasteiger partial charge in [0, 0.05) is 12.7 Å². The van der Waals surface area contributed by atoms with Crippen LogP contribution in [-0.2, 0) is 14.8 Å². The quantitative estimate of drug-likeness (QED) is 0.851. The van der Waals surface area contributed by atoms with Gasteiger partial charge in [-0.05, 0) is 36.8 Å². The maximum Gasteiger partial charge on any atom is 0.322 e. The Hall–Kier alpha value is -1.18. The van der Waals surface area contributed by atoms with E-state index < -0.39 is 22.0 Å². The van der Waals surface area contributed by atoms with Crippen molar-refractivity contribution in [2.45, 2.75) is 30.2 Å². The molecule has 6 nitrogen and oxygen atoms in total. The number of rotatable bonds is 3. The third-order valence-electron chi connectivity index (χ3n) is 4.41. The van der Waals surface area contributed by atoms with Crippen molar-refractivity contribution < 1.29 is 18.3 Å². The molecule has 2 heterocycles. The van der Waals surface area contributed by atoms with Gasteiger partial charge in [-0.3, -0.25) is 4.79 Å². The van der Waals surface area contributed by atoms with Crippen LogP contribution in [0.2, 0.25) is 5.15 Å². The normalized spacial score (nSPS) is 29.5. The van der Waals surface area contributed by atoms with E-state index in [-0.39, 0.29) is 28.4 Å². The van der Waals surface area contributed by atoms with Gasteiger partial charge in [-0.2, -0.15) is 4.31 Å². The Kier molecular flexibility index (Phi) is 3.67. The second-order valence-corrected chi connectivity index (χ2v) is 7.72. The summed E-state index contributed by atoms with van der Waals surface area (Å²) in [7, 11) is -3.95. The van der Waals surface area contributed by atoms with E-state index in [1.165, 1.54) is 18.3 Å². The Morgan fingerprint density at radius 2 is 2.19 bits per heavy atom. The van der Waals surface area contributed by atoms with Crippen LogP contribution in [0.5, 0.6) is 0 Å². The van der Waals surface area contributed by atoms with Crippen molar-refractivity contribution in [3.63, 3.8) is 0 Å². The molecule has 1 N–H and O–H groups in total. The number of sulfonamides is 1. The van der Waals surface area contributed by atoms with E-state index in [1.54, 1.807) is 0 Å². The van der Waals surface area contributed by atoms with E-state index in [0.717, 1.165) is 23.6 Å². The van der Waals surface area contributed by atoms with E-state index in [9.17, 15) is 18.3 Å². The summed E-state index contributed by atoms with van der Waals surface area (Å²) in [5.74, 6) is -1.07. The minimum absolute atomic E-state index is 0.104. The first-order valence-corrected chi connectivity index (χ1v) is 8.60. The number of pyridine rings is 1. The standard InChI is InChI=1S/C13H15ClN2O4S/c14-12-10(5-2-6-15-12)21(19,20)16-7-8-3-1-4-9(8)11(16)13(17)18/h2,5-6,8-9,11H,1,3-4,7H2,(H,17,18). The molecule has 1 aliphatic heterocycles. The Morgan fingerprint density at radius 3 is 2.86 bits per heavy atom. The fourth-order valence-electron chi connectivity index (χ4n) is 3.51. The number of aliphatic carboxylic acids is 1. The largest absolute Gasteiger partial charge is 0.480 e. The second-order valence-electron chi connectivity index (χ2n) is 5.50. The fraction of sp³-hybridized carbons (Fsp3) is 0.538. The topological polar surface area (TPSA) is 87.6 Å². The highest BCUT2D eigenvalue weighted by molar-refractivity contribution is 7.89. The zero-order valence-corrected chi connectivity index (χ0v) is 12.7. The number of carboxylic acids is 1. The van der Waals surface area contributed by atoms with Crippen LogP contribution < -0.4 is 0 Å². The molecule has 114 valence electrons. The first-order chi connectivity index (χ1) is 9.93. The molecule has 1 aromatic rings. The van der Waals surface area contributed by atoms with Crippen LogP contribution in [0.3, 0.4) is 0 Å². The van der Waals surface area contributed by atoms with Gasteiger partial charge in [0.05, 0.1) is 0 Å². The van der Waals surface area contributed by atoms with Crippen LogP contribution in [0, 0.1) is 11.8 Å². The van der Waals surface area contributed by atoms with Gasteiger partial charge < -0.3 is 5.11 Å². The summed E-state index contributed by atoms with van der Waals surface area (Å²) in [5, 5.41) is 9.33. The molecule has 1 aliphatic carbocycles. The molecule has 3 unspecified atom stereocenters. The number of carbonyl (C=O) groups is 1. The van der Waals surface area contributed by atoms with E-state index >= 15 is 0 Å². The number of fused-ring (bicyclic) bond motifs is 1. The molecule has 1 saturated heterocycles. The average molecular weight is 331 g/mol. The zero-order chi connectivity index (χ0) is 15.2. The van der Waals surface area contributed by atoms with Crippen LogP contribution in [0.1, 0.15) is 19.3 Å². The number of carboxylic acid groups (broad SMARTS) is 1. The number of nitrogens with zero attached hydrogens (tertiary/aromatic N) is 2. The lowest BCUT2D eigenvalue weighted by Gasteiger charge is -2.23. The maximum absolute atomic E-state index is 12.7. The lowest BCUT2D eigenvalue weighted by molar-refractivity contribution is -0.142. The molecule has 3 atom stereocenters. The van der Waals surface area contributed by atoms with E-state index in [1.807, 2.05) is 0 Å². The van der Waals surface area contributed by atoms with Crippen molar-refractivity contribution in [3.05, 3.63) is 23.5 Å². The lowest BCUT2D eigenvalue weighted by atomic mass is 9.94. The van der Waals surface area contributed by atoms with Gasteiger partial charge >= 0.3 is 5.97 Å². The summed E-state index contributed by atoms with van der Waals surface area (Å²) in [5.41, 5.74) is 0. The van der Waals surface area contributed by atoms with Gasteiger partial charge in [0.2, 0.25) is 10.0 Å². The SMILES string of the molecule is O=C(O)C1C2CCCC2CN1S(=O)(=O)c1cccnc1Cl. The van der Waals surface area contributed by atoms with Crippen LogP contribution in [-0.4, -0.2) is 41.4 Å². The molecule has 1 saturated carbocycles. The first-order valence-electron chi connectivity index (χ1n) is 6.78. The molecule has 0 amide bonds. The predicted octanol–water partition coefficient (Wildman–Crippen LogP) is 1.61. The maximum atomic E-state index is 12.7. The molecule has 8 heteroatoms. The number of aromatic nitrogens is 1. The molecule has 2 aliphatic rings. The zero-order valence-electron chi connectivity index (χ0n) is 11.1. The summed E-state index contributed by atoms with van der Waals surface area (Å²) < 4.78 is 26.6. The van der Waals surface area contributed by atoms with Gasteiger partial charge in [-0.1, -0.05) is 18.0 Å². The first kappa shape index (κ1) is 14.7. The van der Waals surface area contributed by atoms with Crippen molar-refractivity contribution in [3.8, 4) is 0 Å². The van der Waals surface area contributed by atoms with E-state index in [4.69, 9.17) is 11.6 Å². The molecule has 3 rings (SSSR count). The molecule has 0 radical (unpaired) electrons. The molecular weight excluding hydrogens is 316 g/mol. The van der Waals surface area contributed by atoms with E-state index in [0.29, 0.717) is 0 Å². The number of halogens is 1. The second kappa shape index (κ2) is 5.23. The Bertz CT molecular complexity index is 679. The van der Waals surface area contributed by atoms with Crippen molar-refractivity contribution in [1.82, 2.24) is 9.29 Å². The Balaban J connectivity index is 2.03. The monoisotopic (exact) mass is 330 g/mol. The predicted molar refractivity (Wildman–Crippen MR) is 75.4 cm³/mol. The molecule has 21 heavy (non-hydrogen) atoms. The highest BCUT2D eigenvalue weighted by atomic mass is 35.5. The smallest absolute Gasteiger partial charge is 0.322 e. The third kappa shape index (κ3) is 2.33. The average Bonchev–Trinajstić information content (AvgIpc) is 2.98. The van der Waals surface area contributed by atoms with Gasteiger partial charge in [-0.25, -0.2) is 13.4 Å². The number of hydrogen-bond acceptors (Lipinski definition) is 4. The molecular formula is C13H15ClN2O4S. The molecule has 0 aromatic carbocycles. The summed E-state index contributed by atoms with van der Waals surface area (Å²) in [6, 6.07) is 1.84. The van der Waals surface area contributed by atoms with E-state index in [2.05, 4.69) is 4.98 Å². The van der Waals surface area contributed by atoms with Gasteiger partial charge in [0.1, 0.15) is 16.1 Å². The molecule has 1 aromatic heterocycles. The van der Waals surface area contributed by atoms with Crippen LogP contribution >= 0.6 is 11.6 Å². The van der Waals surface area contributed by atoms with Gasteiger partial charge in [-0.15, -0.1) is 0 Å². The summed E-state index contributed by atoms with van der Waals surface area (Å²) in [4.78, 5) is 15.2. The highest BCUT2D eigenvalue weighted by Gasteiger charge is 2.52. The molecule has 0 bridgehead atoms. The van der Waals surface area contributed by atoms with Crippen molar-refractivity contribution >= 4 is 27.6 Å². The minimum atomic E-state index is -3.95. The van der Waals surface area contributed by atoms with Crippen molar-refractivity contribution in [2.24, 2.45) is 11.8 Å². The van der Waals surface area contributed by atoms with Gasteiger partial charge in [0.25, 0.3) is 0 Å². The fourth-order valence-corrected chi connectivity index (χ4v) is 5.62. The summed E-state index contributed by atoms with van der Waals surface area (Å²) in [6.07, 6.45) is 3.99. The van der Waals surface area contributed by atoms with Crippen LogP contribution in [0.4, 0.5) is 0 Å². The molecule has 2 fully saturated rings. The van der Waals surface area contributed by atoms with Crippen molar-refractivity contribution in [2.75, 3.05) is 6.54 Å². The van der Waals surface area contributed by atoms with Gasteiger partial charge in [0.15, 0.2) is 0 Å².